The van der Waals surface area contributed by atoms with Crippen molar-refractivity contribution in [1.82, 2.24) is 14.5 Å². The van der Waals surface area contributed by atoms with E-state index in [2.05, 4.69) is 0 Å². The first kappa shape index (κ1) is 25.5. The maximum Gasteiger partial charge on any atom is 0.410 e. The molecule has 3 aliphatic rings. The Morgan fingerprint density at radius 1 is 1.19 bits per heavy atom. The molecule has 3 heterocycles. The number of aryl methyl sites for hydroxylation is 1. The molecule has 2 amide bonds. The van der Waals surface area contributed by atoms with E-state index in [0.717, 1.165) is 37.1 Å². The van der Waals surface area contributed by atoms with Crippen molar-refractivity contribution in [2.75, 3.05) is 18.0 Å². The van der Waals surface area contributed by atoms with Gasteiger partial charge < -0.3 is 19.1 Å². The molecule has 1 fully saturated rings. The highest BCUT2D eigenvalue weighted by atomic mass is 19.4. The van der Waals surface area contributed by atoms with Crippen LogP contribution in [0.5, 0.6) is 0 Å². The first-order chi connectivity index (χ1) is 17.5. The van der Waals surface area contributed by atoms with Crippen molar-refractivity contribution in [2.45, 2.75) is 83.2 Å². The van der Waals surface area contributed by atoms with Gasteiger partial charge in [-0.1, -0.05) is 6.07 Å². The quantitative estimate of drug-likeness (QED) is 0.507. The number of hydrogen-bond donors (Lipinski definition) is 0. The number of ether oxygens (including phenoxy) is 1. The first-order valence-corrected chi connectivity index (χ1v) is 12.7. The number of hydrogen-bond acceptors (Lipinski definition) is 4. The number of benzene rings is 1. The van der Waals surface area contributed by atoms with E-state index in [0.29, 0.717) is 17.1 Å². The molecule has 200 valence electrons. The minimum atomic E-state index is -4.25. The summed E-state index contributed by atoms with van der Waals surface area (Å²) in [6.45, 7) is 3.88. The van der Waals surface area contributed by atoms with Gasteiger partial charge in [-0.2, -0.15) is 13.2 Å². The van der Waals surface area contributed by atoms with Gasteiger partial charge in [0.15, 0.2) is 0 Å². The number of nitrogens with zero attached hydrogens (tertiary/aromatic N) is 4. The van der Waals surface area contributed by atoms with Crippen LogP contribution in [0.2, 0.25) is 0 Å². The van der Waals surface area contributed by atoms with Gasteiger partial charge in [0, 0.05) is 31.7 Å². The minimum absolute atomic E-state index is 0.0203. The highest BCUT2D eigenvalue weighted by Gasteiger charge is 2.60. The van der Waals surface area contributed by atoms with Crippen molar-refractivity contribution in [1.29, 1.82) is 0 Å². The number of carbonyl (C=O) groups excluding carboxylic acids is 2. The fraction of sp³-hybridized carbons (Fsp3) is 0.577. The second-order valence-corrected chi connectivity index (χ2v) is 10.4. The van der Waals surface area contributed by atoms with Crippen molar-refractivity contribution in [3.8, 4) is 0 Å². The van der Waals surface area contributed by atoms with Gasteiger partial charge in [-0.25, -0.2) is 14.2 Å². The lowest BCUT2D eigenvalue weighted by atomic mass is 9.75. The van der Waals surface area contributed by atoms with Gasteiger partial charge in [-0.15, -0.1) is 0 Å². The molecule has 0 bridgehead atoms. The second kappa shape index (κ2) is 9.33. The van der Waals surface area contributed by atoms with Crippen molar-refractivity contribution < 1.29 is 31.9 Å². The van der Waals surface area contributed by atoms with E-state index < -0.39 is 29.9 Å². The van der Waals surface area contributed by atoms with Crippen LogP contribution < -0.4 is 4.90 Å². The van der Waals surface area contributed by atoms with Crippen LogP contribution in [-0.4, -0.2) is 51.8 Å². The number of aromatic nitrogens is 2. The molecular weight excluding hydrogens is 492 g/mol. The first-order valence-electron chi connectivity index (χ1n) is 12.7. The molecule has 5 rings (SSSR count). The predicted molar refractivity (Wildman–Crippen MR) is 127 cm³/mol. The van der Waals surface area contributed by atoms with E-state index >= 15 is 0 Å². The minimum Gasteiger partial charge on any atom is -0.447 e. The van der Waals surface area contributed by atoms with Crippen LogP contribution >= 0.6 is 0 Å². The summed E-state index contributed by atoms with van der Waals surface area (Å²) in [6, 6.07) is 4.17. The lowest BCUT2D eigenvalue weighted by molar-refractivity contribution is -0.136. The molecule has 0 N–H and O–H groups in total. The zero-order valence-corrected chi connectivity index (χ0v) is 20.9. The molecule has 1 aromatic heterocycles. The van der Waals surface area contributed by atoms with Crippen molar-refractivity contribution in [2.24, 2.45) is 0 Å². The zero-order chi connectivity index (χ0) is 26.5. The molecular formula is C26H30F4N4O3. The summed E-state index contributed by atoms with van der Waals surface area (Å²) in [6.07, 6.45) is -2.70. The Morgan fingerprint density at radius 2 is 1.92 bits per heavy atom. The smallest absolute Gasteiger partial charge is 0.410 e. The standard InChI is InChI=1S/C26H30F4N4O3/c1-16(2)37-24(36)32-14-25(15-32)18-9-8-17(27)12-21(18)34(23(25)35)13-22-31-19-6-3-4-7-20(19)33(22)11-5-10-26(28,29)30/h8-9,12,16H,3-7,10-11,13-15H2,1-2H3. The third-order valence-corrected chi connectivity index (χ3v) is 7.39. The number of halogens is 4. The summed E-state index contributed by atoms with van der Waals surface area (Å²) in [7, 11) is 0. The van der Waals surface area contributed by atoms with Crippen LogP contribution in [0.4, 0.5) is 28.0 Å². The molecule has 1 aromatic carbocycles. The fourth-order valence-electron chi connectivity index (χ4n) is 5.71. The van der Waals surface area contributed by atoms with E-state index in [4.69, 9.17) is 9.72 Å². The lowest BCUT2D eigenvalue weighted by Gasteiger charge is -2.46. The molecule has 2 aliphatic heterocycles. The van der Waals surface area contributed by atoms with E-state index in [1.165, 1.54) is 21.9 Å². The Hall–Kier alpha value is -3.11. The molecule has 11 heteroatoms. The number of rotatable bonds is 6. The van der Waals surface area contributed by atoms with Gasteiger partial charge in [0.2, 0.25) is 5.91 Å². The average Bonchev–Trinajstić information content (AvgIpc) is 3.24. The van der Waals surface area contributed by atoms with Gasteiger partial charge in [0.1, 0.15) is 17.1 Å². The number of fused-ring (bicyclic) bond motifs is 3. The molecule has 1 aliphatic carbocycles. The number of likely N-dealkylation sites (tertiary alicyclic amines) is 1. The van der Waals surface area contributed by atoms with Crippen LogP contribution in [0.3, 0.4) is 0 Å². The Bertz CT molecular complexity index is 1220. The summed E-state index contributed by atoms with van der Waals surface area (Å²) in [5.74, 6) is -0.272. The van der Waals surface area contributed by atoms with E-state index in [1.807, 2.05) is 4.57 Å². The van der Waals surface area contributed by atoms with E-state index in [-0.39, 0.29) is 44.6 Å². The molecule has 0 saturated carbocycles. The largest absolute Gasteiger partial charge is 0.447 e. The average molecular weight is 523 g/mol. The molecule has 0 radical (unpaired) electrons. The molecule has 0 atom stereocenters. The van der Waals surface area contributed by atoms with Gasteiger partial charge >= 0.3 is 12.3 Å². The number of alkyl halides is 3. The van der Waals surface area contributed by atoms with Gasteiger partial charge in [0.25, 0.3) is 0 Å². The van der Waals surface area contributed by atoms with Crippen molar-refractivity contribution in [3.63, 3.8) is 0 Å². The highest BCUT2D eigenvalue weighted by molar-refractivity contribution is 6.09. The molecule has 0 unspecified atom stereocenters. The van der Waals surface area contributed by atoms with E-state index in [1.54, 1.807) is 19.9 Å². The Morgan fingerprint density at radius 3 is 2.62 bits per heavy atom. The van der Waals surface area contributed by atoms with E-state index in [9.17, 15) is 27.2 Å². The third kappa shape index (κ3) is 4.68. The lowest BCUT2D eigenvalue weighted by Crippen LogP contribution is -2.65. The topological polar surface area (TPSA) is 67.7 Å². The van der Waals surface area contributed by atoms with Crippen LogP contribution in [0.15, 0.2) is 18.2 Å². The summed E-state index contributed by atoms with van der Waals surface area (Å²) in [5.41, 5.74) is 1.82. The number of anilines is 1. The molecule has 1 saturated heterocycles. The number of amides is 2. The number of carbonyl (C=O) groups is 2. The fourth-order valence-corrected chi connectivity index (χ4v) is 5.71. The number of imidazole rings is 1. The van der Waals surface area contributed by atoms with Crippen molar-refractivity contribution in [3.05, 3.63) is 46.8 Å². The predicted octanol–water partition coefficient (Wildman–Crippen LogP) is 4.89. The Balaban J connectivity index is 1.43. The van der Waals surface area contributed by atoms with Gasteiger partial charge in [-0.05, 0) is 63.6 Å². The van der Waals surface area contributed by atoms with Crippen LogP contribution in [-0.2, 0) is 40.9 Å². The summed E-state index contributed by atoms with van der Waals surface area (Å²) < 4.78 is 59.9. The van der Waals surface area contributed by atoms with Crippen molar-refractivity contribution >= 4 is 17.7 Å². The monoisotopic (exact) mass is 522 g/mol. The molecule has 7 nitrogen and oxygen atoms in total. The van der Waals surface area contributed by atoms with Crippen LogP contribution in [0, 0.1) is 5.82 Å². The zero-order valence-electron chi connectivity index (χ0n) is 20.9. The Labute approximate surface area is 212 Å². The summed E-state index contributed by atoms with van der Waals surface area (Å²) >= 11 is 0. The molecule has 2 aromatic rings. The summed E-state index contributed by atoms with van der Waals surface area (Å²) in [5, 5.41) is 0. The SMILES string of the molecule is CC(C)OC(=O)N1CC2(C1)C(=O)N(Cc1nc3c(n1CCCC(F)(F)F)CCCC3)c1cc(F)ccc12. The maximum atomic E-state index is 14.3. The van der Waals surface area contributed by atoms with Gasteiger partial charge in [-0.3, -0.25) is 4.79 Å². The third-order valence-electron chi connectivity index (χ3n) is 7.39. The molecule has 1 spiro atoms. The Kier molecular flexibility index (Phi) is 6.44. The maximum absolute atomic E-state index is 14.3. The van der Waals surface area contributed by atoms with Crippen LogP contribution in [0.25, 0.3) is 0 Å². The van der Waals surface area contributed by atoms with Gasteiger partial charge in [0.05, 0.1) is 24.0 Å². The second-order valence-electron chi connectivity index (χ2n) is 10.4. The molecule has 37 heavy (non-hydrogen) atoms. The summed E-state index contributed by atoms with van der Waals surface area (Å²) in [4.78, 5) is 33.8. The highest BCUT2D eigenvalue weighted by Crippen LogP contribution is 2.48. The normalized spacial score (nSPS) is 18.3. The van der Waals surface area contributed by atoms with Crippen LogP contribution in [0.1, 0.15) is 62.3 Å².